The first kappa shape index (κ1) is 18.7. The van der Waals surface area contributed by atoms with Crippen LogP contribution < -0.4 is 5.43 Å². The molecular weight excluding hydrogens is 364 g/mol. The van der Waals surface area contributed by atoms with Crippen LogP contribution in [-0.4, -0.2) is 15.4 Å². The molecule has 26 heavy (non-hydrogen) atoms. The minimum atomic E-state index is -0.0594. The van der Waals surface area contributed by atoms with Gasteiger partial charge in [-0.25, -0.2) is 4.40 Å². The Hall–Kier alpha value is -2.04. The fraction of sp³-hybridized carbons (Fsp3) is 0.238. The van der Waals surface area contributed by atoms with Gasteiger partial charge in [0.25, 0.3) is 0 Å². The van der Waals surface area contributed by atoms with Crippen LogP contribution in [-0.2, 0) is 0 Å². The molecule has 0 atom stereocenters. The number of hydrogen-bond acceptors (Lipinski definition) is 3. The van der Waals surface area contributed by atoms with E-state index in [9.17, 15) is 4.79 Å². The Kier molecular flexibility index (Phi) is 5.26. The van der Waals surface area contributed by atoms with Crippen molar-refractivity contribution in [2.75, 3.05) is 0 Å². The number of rotatable bonds is 3. The molecule has 0 saturated heterocycles. The Morgan fingerprint density at radius 3 is 2.42 bits per heavy atom. The van der Waals surface area contributed by atoms with Crippen LogP contribution in [0.2, 0.25) is 5.02 Å². The Balaban J connectivity index is 2.33. The normalized spacial score (nSPS) is 12.6. The van der Waals surface area contributed by atoms with E-state index in [1.54, 1.807) is 18.2 Å². The van der Waals surface area contributed by atoms with Gasteiger partial charge >= 0.3 is 0 Å². The third-order valence-electron chi connectivity index (χ3n) is 3.87. The average molecular weight is 385 g/mol. The molecule has 0 saturated carbocycles. The van der Waals surface area contributed by atoms with Gasteiger partial charge in [0, 0.05) is 10.1 Å². The lowest BCUT2D eigenvalue weighted by molar-refractivity contribution is 0.804. The van der Waals surface area contributed by atoms with Crippen molar-refractivity contribution in [3.63, 3.8) is 0 Å². The molecule has 0 amide bonds. The lowest BCUT2D eigenvalue weighted by Gasteiger charge is -2.15. The fourth-order valence-corrected chi connectivity index (χ4v) is 3.42. The largest absolute Gasteiger partial charge is 0.353 e. The summed E-state index contributed by atoms with van der Waals surface area (Å²) in [5.74, 6) is 0. The highest BCUT2D eigenvalue weighted by Crippen LogP contribution is 2.29. The van der Waals surface area contributed by atoms with Crippen molar-refractivity contribution in [1.29, 1.82) is 0 Å². The molecule has 2 aromatic carbocycles. The van der Waals surface area contributed by atoms with Crippen molar-refractivity contribution >= 4 is 40.2 Å². The molecule has 0 aliphatic carbocycles. The number of fused-ring (bicyclic) bond motifs is 1. The number of H-pyrrole nitrogens is 1. The number of hydrogen-bond donors (Lipinski definition) is 1. The minimum absolute atomic E-state index is 0.0267. The number of benzene rings is 2. The van der Waals surface area contributed by atoms with E-state index in [1.165, 1.54) is 11.9 Å². The van der Waals surface area contributed by atoms with Crippen molar-refractivity contribution in [1.82, 2.24) is 4.98 Å². The van der Waals surface area contributed by atoms with Gasteiger partial charge in [-0.2, -0.15) is 0 Å². The summed E-state index contributed by atoms with van der Waals surface area (Å²) in [6, 6.07) is 15.2. The highest BCUT2D eigenvalue weighted by Gasteiger charge is 2.18. The first-order valence-electron chi connectivity index (χ1n) is 8.41. The second-order valence-corrected chi connectivity index (χ2v) is 9.11. The van der Waals surface area contributed by atoms with E-state index >= 15 is 0 Å². The second kappa shape index (κ2) is 7.29. The van der Waals surface area contributed by atoms with Gasteiger partial charge in [0.1, 0.15) is 0 Å². The maximum atomic E-state index is 13.3. The Labute approximate surface area is 162 Å². The van der Waals surface area contributed by atoms with Crippen molar-refractivity contribution in [2.45, 2.75) is 32.4 Å². The van der Waals surface area contributed by atoms with Gasteiger partial charge in [-0.05, 0) is 57.3 Å². The molecule has 0 fully saturated rings. The van der Waals surface area contributed by atoms with Crippen molar-refractivity contribution < 1.29 is 0 Å². The molecule has 0 bridgehead atoms. The number of nitrogens with one attached hydrogen (secondary N) is 1. The van der Waals surface area contributed by atoms with Crippen LogP contribution in [0.4, 0.5) is 0 Å². The standard InChI is InChI=1S/C21H21ClN2OS/c1-13(24-26-21(2,3)4)17-18(14-9-6-5-7-10-14)23-19-15(20(17)25)11-8-12-16(19)22/h5-12H,1-4H3,(H,23,25). The van der Waals surface area contributed by atoms with E-state index in [0.29, 0.717) is 27.2 Å². The summed E-state index contributed by atoms with van der Waals surface area (Å²) in [5, 5.41) is 1.10. The molecule has 5 heteroatoms. The quantitative estimate of drug-likeness (QED) is 0.437. The molecule has 3 rings (SSSR count). The maximum Gasteiger partial charge on any atom is 0.199 e. The van der Waals surface area contributed by atoms with Gasteiger partial charge in [-0.3, -0.25) is 4.79 Å². The number of aromatic amines is 1. The molecule has 0 aliphatic rings. The van der Waals surface area contributed by atoms with Gasteiger partial charge in [0.05, 0.1) is 27.5 Å². The highest BCUT2D eigenvalue weighted by atomic mass is 35.5. The average Bonchev–Trinajstić information content (AvgIpc) is 2.60. The van der Waals surface area contributed by atoms with E-state index in [4.69, 9.17) is 11.6 Å². The molecular formula is C21H21ClN2OS. The molecule has 134 valence electrons. The van der Waals surface area contributed by atoms with Crippen LogP contribution in [0.25, 0.3) is 22.2 Å². The second-order valence-electron chi connectivity index (χ2n) is 7.11. The van der Waals surface area contributed by atoms with Crippen molar-refractivity contribution in [3.8, 4) is 11.3 Å². The van der Waals surface area contributed by atoms with Gasteiger partial charge < -0.3 is 4.98 Å². The minimum Gasteiger partial charge on any atom is -0.353 e. The van der Waals surface area contributed by atoms with Crippen LogP contribution in [0, 0.1) is 0 Å². The van der Waals surface area contributed by atoms with E-state index in [0.717, 1.165) is 11.3 Å². The summed E-state index contributed by atoms with van der Waals surface area (Å²) in [7, 11) is 0. The van der Waals surface area contributed by atoms with Crippen molar-refractivity contribution in [3.05, 3.63) is 69.3 Å². The van der Waals surface area contributed by atoms with Gasteiger partial charge in [-0.15, -0.1) is 0 Å². The Morgan fingerprint density at radius 1 is 1.08 bits per heavy atom. The van der Waals surface area contributed by atoms with Crippen LogP contribution in [0.15, 0.2) is 57.7 Å². The van der Waals surface area contributed by atoms with Crippen LogP contribution in [0.3, 0.4) is 0 Å². The summed E-state index contributed by atoms with van der Waals surface area (Å²) in [6.45, 7) is 8.16. The number of pyridine rings is 1. The molecule has 0 radical (unpaired) electrons. The third-order valence-corrected chi connectivity index (χ3v) is 5.09. The lowest BCUT2D eigenvalue weighted by Crippen LogP contribution is -2.18. The lowest BCUT2D eigenvalue weighted by atomic mass is 10.00. The summed E-state index contributed by atoms with van der Waals surface area (Å²) in [5.41, 5.74) is 3.55. The maximum absolute atomic E-state index is 13.3. The molecule has 0 spiro atoms. The topological polar surface area (TPSA) is 45.2 Å². The first-order valence-corrected chi connectivity index (χ1v) is 9.56. The molecule has 1 heterocycles. The van der Waals surface area contributed by atoms with E-state index < -0.39 is 0 Å². The van der Waals surface area contributed by atoms with E-state index in [-0.39, 0.29) is 10.2 Å². The number of nitrogens with zero attached hydrogens (tertiary/aromatic N) is 1. The summed E-state index contributed by atoms with van der Waals surface area (Å²) in [6.07, 6.45) is 0. The zero-order valence-electron chi connectivity index (χ0n) is 15.3. The monoisotopic (exact) mass is 384 g/mol. The smallest absolute Gasteiger partial charge is 0.199 e. The zero-order valence-corrected chi connectivity index (χ0v) is 16.8. The van der Waals surface area contributed by atoms with Crippen molar-refractivity contribution in [2.24, 2.45) is 4.40 Å². The molecule has 0 unspecified atom stereocenters. The van der Waals surface area contributed by atoms with Crippen LogP contribution >= 0.6 is 23.5 Å². The Bertz CT molecular complexity index is 1030. The fourth-order valence-electron chi connectivity index (χ4n) is 2.69. The molecule has 1 aromatic heterocycles. The van der Waals surface area contributed by atoms with E-state index in [1.807, 2.05) is 37.3 Å². The first-order chi connectivity index (χ1) is 12.3. The van der Waals surface area contributed by atoms with Crippen LogP contribution in [0.5, 0.6) is 0 Å². The number of halogens is 1. The summed E-state index contributed by atoms with van der Waals surface area (Å²) in [4.78, 5) is 16.6. The summed E-state index contributed by atoms with van der Waals surface area (Å²) < 4.78 is 4.60. The summed E-state index contributed by atoms with van der Waals surface area (Å²) >= 11 is 7.80. The zero-order chi connectivity index (χ0) is 18.9. The molecule has 3 nitrogen and oxygen atoms in total. The highest BCUT2D eigenvalue weighted by molar-refractivity contribution is 7.99. The molecule has 0 aliphatic heterocycles. The van der Waals surface area contributed by atoms with Gasteiger partial charge in [0.15, 0.2) is 5.43 Å². The van der Waals surface area contributed by atoms with E-state index in [2.05, 4.69) is 30.2 Å². The Morgan fingerprint density at radius 2 is 1.77 bits per heavy atom. The number of aromatic nitrogens is 1. The SMILES string of the molecule is CC(=NSC(C)(C)C)c1c(-c2ccccc2)[nH]c2c(Cl)cccc2c1=O. The van der Waals surface area contributed by atoms with Gasteiger partial charge in [-0.1, -0.05) is 48.0 Å². The molecule has 3 aromatic rings. The van der Waals surface area contributed by atoms with Gasteiger partial charge in [0.2, 0.25) is 0 Å². The third kappa shape index (κ3) is 3.87. The number of para-hydroxylation sites is 1. The van der Waals surface area contributed by atoms with Crippen LogP contribution in [0.1, 0.15) is 33.3 Å². The molecule has 1 N–H and O–H groups in total. The predicted molar refractivity (Wildman–Crippen MR) is 115 cm³/mol. The predicted octanol–water partition coefficient (Wildman–Crippen LogP) is 6.10.